The summed E-state index contributed by atoms with van der Waals surface area (Å²) in [6.45, 7) is 3.01. The molecule has 3 aromatic rings. The summed E-state index contributed by atoms with van der Waals surface area (Å²) in [5.41, 5.74) is 1.69. The number of hydrogen-bond acceptors (Lipinski definition) is 5. The smallest absolute Gasteiger partial charge is 0.243 e. The summed E-state index contributed by atoms with van der Waals surface area (Å²) in [6.07, 6.45) is 3.90. The summed E-state index contributed by atoms with van der Waals surface area (Å²) in [5, 5.41) is 3.97. The molecular weight excluding hydrogens is 461 g/mol. The first-order valence-corrected chi connectivity index (χ1v) is 13.4. The number of nitrogens with zero attached hydrogens (tertiary/aromatic N) is 2. The average Bonchev–Trinajstić information content (AvgIpc) is 3.09. The number of aromatic nitrogens is 1. The molecule has 1 aromatic heterocycles. The Hall–Kier alpha value is -2.49. The maximum absolute atomic E-state index is 13.7. The second-order valence-corrected chi connectivity index (χ2v) is 11.0. The lowest BCUT2D eigenvalue weighted by atomic mass is 10.1. The van der Waals surface area contributed by atoms with E-state index < -0.39 is 15.8 Å². The first-order valence-electron chi connectivity index (χ1n) is 10.9. The molecule has 4 rings (SSSR count). The average molecular weight is 488 g/mol. The van der Waals surface area contributed by atoms with Crippen LogP contribution in [0.2, 0.25) is 0 Å². The summed E-state index contributed by atoms with van der Waals surface area (Å²) in [7, 11) is -3.54. The molecule has 0 aliphatic carbocycles. The predicted molar refractivity (Wildman–Crippen MR) is 129 cm³/mol. The number of sulfonamides is 1. The predicted octanol–water partition coefficient (Wildman–Crippen LogP) is 4.98. The number of amides is 1. The number of pyridine rings is 1. The first-order chi connectivity index (χ1) is 15.8. The Bertz CT molecular complexity index is 1270. The number of nitrogens with one attached hydrogen (secondary N) is 1. The molecule has 0 radical (unpaired) electrons. The van der Waals surface area contributed by atoms with Crippen molar-refractivity contribution in [2.24, 2.45) is 0 Å². The van der Waals surface area contributed by atoms with Crippen molar-refractivity contribution in [1.29, 1.82) is 0 Å². The van der Waals surface area contributed by atoms with Crippen molar-refractivity contribution >= 4 is 44.3 Å². The fourth-order valence-electron chi connectivity index (χ4n) is 3.90. The third kappa shape index (κ3) is 5.54. The quantitative estimate of drug-likeness (QED) is 0.496. The standard InChI is InChI=1S/C24H26FN3O3S2/c1-17-14-24(32-16-23(29)26-22-9-5-4-8-20(22)25)27-21-11-10-18(15-19(17)21)33(30,31)28-12-6-2-3-7-13-28/h4-5,8-11,14-15H,2-3,6-7,12-13,16H2,1H3,(H,26,29). The van der Waals surface area contributed by atoms with Gasteiger partial charge in [0.1, 0.15) is 5.82 Å². The van der Waals surface area contributed by atoms with Crippen LogP contribution in [0.1, 0.15) is 31.2 Å². The SMILES string of the molecule is Cc1cc(SCC(=O)Nc2ccccc2F)nc2ccc(S(=O)(=O)N3CCCCCC3)cc12. The van der Waals surface area contributed by atoms with Crippen LogP contribution in [0.15, 0.2) is 58.5 Å². The van der Waals surface area contributed by atoms with Crippen LogP contribution in [-0.4, -0.2) is 42.5 Å². The summed E-state index contributed by atoms with van der Waals surface area (Å²) in [6, 6.07) is 12.9. The zero-order valence-electron chi connectivity index (χ0n) is 18.4. The Morgan fingerprint density at radius 3 is 2.55 bits per heavy atom. The summed E-state index contributed by atoms with van der Waals surface area (Å²) in [4.78, 5) is 17.1. The van der Waals surface area contributed by atoms with Crippen molar-refractivity contribution in [2.75, 3.05) is 24.2 Å². The van der Waals surface area contributed by atoms with Gasteiger partial charge in [-0.2, -0.15) is 4.31 Å². The van der Waals surface area contributed by atoms with Crippen LogP contribution in [0.5, 0.6) is 0 Å². The van der Waals surface area contributed by atoms with E-state index >= 15 is 0 Å². The number of rotatable bonds is 6. The van der Waals surface area contributed by atoms with E-state index in [2.05, 4.69) is 10.3 Å². The van der Waals surface area contributed by atoms with Gasteiger partial charge in [0.15, 0.2) is 0 Å². The van der Waals surface area contributed by atoms with E-state index in [0.717, 1.165) is 36.6 Å². The van der Waals surface area contributed by atoms with Crippen LogP contribution in [0.3, 0.4) is 0 Å². The molecule has 2 aromatic carbocycles. The van der Waals surface area contributed by atoms with E-state index in [0.29, 0.717) is 23.6 Å². The molecule has 33 heavy (non-hydrogen) atoms. The lowest BCUT2D eigenvalue weighted by Crippen LogP contribution is -2.31. The van der Waals surface area contributed by atoms with Gasteiger partial charge in [-0.25, -0.2) is 17.8 Å². The maximum atomic E-state index is 13.7. The second kappa shape index (κ2) is 10.2. The minimum Gasteiger partial charge on any atom is -0.323 e. The minimum absolute atomic E-state index is 0.0771. The van der Waals surface area contributed by atoms with Gasteiger partial charge in [-0.1, -0.05) is 36.7 Å². The largest absolute Gasteiger partial charge is 0.323 e. The van der Waals surface area contributed by atoms with E-state index in [4.69, 9.17) is 0 Å². The topological polar surface area (TPSA) is 79.4 Å². The van der Waals surface area contributed by atoms with Crippen molar-refractivity contribution < 1.29 is 17.6 Å². The molecule has 1 N–H and O–H groups in total. The van der Waals surface area contributed by atoms with Gasteiger partial charge in [-0.05, 0) is 61.7 Å². The highest BCUT2D eigenvalue weighted by molar-refractivity contribution is 7.99. The molecule has 0 bridgehead atoms. The second-order valence-electron chi connectivity index (χ2n) is 8.09. The number of aryl methyl sites for hydroxylation is 1. The normalized spacial score (nSPS) is 15.3. The van der Waals surface area contributed by atoms with Gasteiger partial charge < -0.3 is 5.32 Å². The molecule has 1 saturated heterocycles. The van der Waals surface area contributed by atoms with E-state index in [-0.39, 0.29) is 22.2 Å². The monoisotopic (exact) mass is 487 g/mol. The maximum Gasteiger partial charge on any atom is 0.243 e. The van der Waals surface area contributed by atoms with Gasteiger partial charge in [-0.15, -0.1) is 0 Å². The number of anilines is 1. The van der Waals surface area contributed by atoms with Gasteiger partial charge in [0.25, 0.3) is 0 Å². The lowest BCUT2D eigenvalue weighted by Gasteiger charge is -2.20. The molecule has 0 spiro atoms. The number of hydrogen-bond donors (Lipinski definition) is 1. The highest BCUT2D eigenvalue weighted by atomic mass is 32.2. The first kappa shape index (κ1) is 23.7. The number of benzene rings is 2. The molecule has 1 aliphatic rings. The van der Waals surface area contributed by atoms with E-state index in [1.165, 1.54) is 23.9 Å². The fraction of sp³-hybridized carbons (Fsp3) is 0.333. The van der Waals surface area contributed by atoms with Crippen molar-refractivity contribution in [1.82, 2.24) is 9.29 Å². The van der Waals surface area contributed by atoms with Gasteiger partial charge in [-0.3, -0.25) is 4.79 Å². The number of halogens is 1. The molecule has 0 saturated carbocycles. The van der Waals surface area contributed by atoms with E-state index in [1.807, 2.05) is 13.0 Å². The number of fused-ring (bicyclic) bond motifs is 1. The van der Waals surface area contributed by atoms with Gasteiger partial charge in [0.2, 0.25) is 15.9 Å². The lowest BCUT2D eigenvalue weighted by molar-refractivity contribution is -0.113. The highest BCUT2D eigenvalue weighted by Crippen LogP contribution is 2.28. The molecule has 0 atom stereocenters. The van der Waals surface area contributed by atoms with Crippen LogP contribution in [0, 0.1) is 12.7 Å². The number of carbonyl (C=O) groups excluding carboxylic acids is 1. The van der Waals surface area contributed by atoms with Crippen LogP contribution >= 0.6 is 11.8 Å². The molecule has 1 fully saturated rings. The summed E-state index contributed by atoms with van der Waals surface area (Å²) < 4.78 is 41.6. The van der Waals surface area contributed by atoms with E-state index in [1.54, 1.807) is 34.6 Å². The third-order valence-electron chi connectivity index (χ3n) is 5.67. The van der Waals surface area contributed by atoms with Crippen molar-refractivity contribution in [3.05, 3.63) is 59.9 Å². The number of thioether (sulfide) groups is 1. The Morgan fingerprint density at radius 2 is 1.82 bits per heavy atom. The Kier molecular flexibility index (Phi) is 7.31. The summed E-state index contributed by atoms with van der Waals surface area (Å²) >= 11 is 1.25. The van der Waals surface area contributed by atoms with Crippen molar-refractivity contribution in [2.45, 2.75) is 42.5 Å². The Balaban J connectivity index is 1.50. The third-order valence-corrected chi connectivity index (χ3v) is 8.47. The fourth-order valence-corrected chi connectivity index (χ4v) is 6.21. The zero-order chi connectivity index (χ0) is 23.4. The Labute approximate surface area is 197 Å². The zero-order valence-corrected chi connectivity index (χ0v) is 20.0. The van der Waals surface area contributed by atoms with Gasteiger partial charge >= 0.3 is 0 Å². The molecule has 0 unspecified atom stereocenters. The molecule has 6 nitrogen and oxygen atoms in total. The minimum atomic E-state index is -3.54. The van der Waals surface area contributed by atoms with Crippen molar-refractivity contribution in [3.8, 4) is 0 Å². The molecule has 1 amide bonds. The van der Waals surface area contributed by atoms with Crippen LogP contribution in [0.4, 0.5) is 10.1 Å². The van der Waals surface area contributed by atoms with Crippen LogP contribution in [-0.2, 0) is 14.8 Å². The molecule has 9 heteroatoms. The van der Waals surface area contributed by atoms with Crippen molar-refractivity contribution in [3.63, 3.8) is 0 Å². The molecule has 2 heterocycles. The van der Waals surface area contributed by atoms with E-state index in [9.17, 15) is 17.6 Å². The van der Waals surface area contributed by atoms with Gasteiger partial charge in [0.05, 0.1) is 26.9 Å². The van der Waals surface area contributed by atoms with Gasteiger partial charge in [0, 0.05) is 18.5 Å². The molecule has 1 aliphatic heterocycles. The molecule has 174 valence electrons. The Morgan fingerprint density at radius 1 is 1.09 bits per heavy atom. The molecular formula is C24H26FN3O3S2. The van der Waals surface area contributed by atoms with Crippen LogP contribution in [0.25, 0.3) is 10.9 Å². The van der Waals surface area contributed by atoms with Crippen LogP contribution < -0.4 is 5.32 Å². The number of carbonyl (C=O) groups is 1. The highest BCUT2D eigenvalue weighted by Gasteiger charge is 2.25. The number of para-hydroxylation sites is 1. The summed E-state index contributed by atoms with van der Waals surface area (Å²) in [5.74, 6) is -0.738.